The molecule has 11 nitrogen and oxygen atoms in total. The van der Waals surface area contributed by atoms with Crippen LogP contribution in [0.2, 0.25) is 0 Å². The van der Waals surface area contributed by atoms with E-state index in [1.165, 1.54) is 38.1 Å². The van der Waals surface area contributed by atoms with Crippen LogP contribution in [0.3, 0.4) is 0 Å². The Morgan fingerprint density at radius 1 is 1.10 bits per heavy atom. The van der Waals surface area contributed by atoms with Gasteiger partial charge in [0, 0.05) is 5.56 Å². The lowest BCUT2D eigenvalue weighted by Crippen LogP contribution is -2.61. The van der Waals surface area contributed by atoms with E-state index in [1.807, 2.05) is 0 Å². The van der Waals surface area contributed by atoms with Gasteiger partial charge in [-0.3, -0.25) is 14.4 Å². The highest BCUT2D eigenvalue weighted by Crippen LogP contribution is 2.21. The summed E-state index contributed by atoms with van der Waals surface area (Å²) in [5.41, 5.74) is -0.704. The Kier molecular flexibility index (Phi) is 10.5. The molecule has 0 aliphatic carbocycles. The van der Waals surface area contributed by atoms with Crippen molar-refractivity contribution >= 4 is 23.7 Å². The van der Waals surface area contributed by atoms with Gasteiger partial charge >= 0.3 is 5.97 Å². The first kappa shape index (κ1) is 32.3. The van der Waals surface area contributed by atoms with Gasteiger partial charge in [0.05, 0.1) is 23.6 Å². The summed E-state index contributed by atoms with van der Waals surface area (Å²) in [4.78, 5) is 55.7. The molecule has 1 saturated heterocycles. The van der Waals surface area contributed by atoms with Gasteiger partial charge in [0.1, 0.15) is 23.9 Å². The highest BCUT2D eigenvalue weighted by Gasteiger charge is 2.40. The highest BCUT2D eigenvalue weighted by atomic mass is 19.2. The monoisotopic (exact) mass is 594 g/mol. The number of para-hydroxylation sites is 1. The highest BCUT2D eigenvalue weighted by molar-refractivity contribution is 6.00. The van der Waals surface area contributed by atoms with Gasteiger partial charge in [-0.2, -0.15) is 13.8 Å². The van der Waals surface area contributed by atoms with Crippen molar-refractivity contribution in [1.82, 2.24) is 20.9 Å². The van der Waals surface area contributed by atoms with Crippen LogP contribution in [0.25, 0.3) is 0 Å². The zero-order valence-corrected chi connectivity index (χ0v) is 23.4. The molecule has 0 radical (unpaired) electrons. The second kappa shape index (κ2) is 13.6. The van der Waals surface area contributed by atoms with Crippen LogP contribution in [0.1, 0.15) is 50.0 Å². The van der Waals surface area contributed by atoms with Crippen molar-refractivity contribution in [2.75, 3.05) is 0 Å². The van der Waals surface area contributed by atoms with E-state index in [4.69, 9.17) is 4.74 Å². The first-order chi connectivity index (χ1) is 19.7. The largest absolute Gasteiger partial charge is 0.507 e. The number of carbonyl (C=O) groups excluding carboxylic acids is 4. The van der Waals surface area contributed by atoms with Gasteiger partial charge in [0.15, 0.2) is 5.82 Å². The summed E-state index contributed by atoms with van der Waals surface area (Å²) in [6.45, 7) is 6.05. The van der Waals surface area contributed by atoms with Gasteiger partial charge in [0.25, 0.3) is 11.9 Å². The van der Waals surface area contributed by atoms with Crippen molar-refractivity contribution in [2.45, 2.75) is 70.9 Å². The average Bonchev–Trinajstić information content (AvgIpc) is 2.94. The molecule has 0 bridgehead atoms. The number of esters is 1. The lowest BCUT2D eigenvalue weighted by atomic mass is 9.90. The molecule has 0 saturated carbocycles. The Balaban J connectivity index is 2.05. The minimum absolute atomic E-state index is 0.195. The van der Waals surface area contributed by atoms with Crippen LogP contribution >= 0.6 is 0 Å². The molecular weight excluding hydrogens is 561 g/mol. The summed E-state index contributed by atoms with van der Waals surface area (Å²) < 4.78 is 47.3. The number of rotatable bonds is 6. The third-order valence-corrected chi connectivity index (χ3v) is 7.32. The number of ether oxygens (including phenoxy) is 1. The Bertz CT molecular complexity index is 1340. The van der Waals surface area contributed by atoms with E-state index in [0.717, 1.165) is 0 Å². The SMILES string of the molecule is CCC(C)C1NC(=O)[C@H](C)[C@H](O)[C@H](Cc2cc(F)c(F)nc2F)NC(=O)[C@@H](NC(=O)c2ccccc2O)[C@@H](C)OC1=O. The van der Waals surface area contributed by atoms with E-state index >= 15 is 0 Å². The van der Waals surface area contributed by atoms with Crippen molar-refractivity contribution in [2.24, 2.45) is 11.8 Å². The van der Waals surface area contributed by atoms with Crippen LogP contribution in [0.15, 0.2) is 30.3 Å². The quantitative estimate of drug-likeness (QED) is 0.248. The molecule has 42 heavy (non-hydrogen) atoms. The number of amides is 3. The number of aliphatic hydroxyl groups excluding tert-OH is 1. The lowest BCUT2D eigenvalue weighted by Gasteiger charge is -2.34. The number of hydrogen-bond donors (Lipinski definition) is 5. The van der Waals surface area contributed by atoms with Crippen molar-refractivity contribution in [3.63, 3.8) is 0 Å². The predicted molar refractivity (Wildman–Crippen MR) is 141 cm³/mol. The number of aromatic nitrogens is 1. The number of aromatic hydroxyl groups is 1. The molecule has 3 rings (SSSR count). The first-order valence-electron chi connectivity index (χ1n) is 13.3. The fourth-order valence-corrected chi connectivity index (χ4v) is 4.46. The standard InChI is InChI=1S/C28H33F3N4O7/c1-5-12(2)20-28(41)42-14(4)21(34-26(39)16-8-6-7-9-19(16)36)27(40)32-18(22(37)13(3)25(38)33-20)11-15-10-17(29)24(31)35-23(15)30/h6-10,12-14,18,20-22,36-37H,5,11H2,1-4H3,(H,32,40)(H,33,38)(H,34,39)/t12?,13-,14-,18+,20?,21+,22+/m1/s1. The topological polar surface area (TPSA) is 167 Å². The zero-order chi connectivity index (χ0) is 31.3. The number of phenolic OH excluding ortho intramolecular Hbond substituents is 1. The molecule has 0 spiro atoms. The van der Waals surface area contributed by atoms with Gasteiger partial charge in [-0.05, 0) is 37.5 Å². The number of pyridine rings is 1. The van der Waals surface area contributed by atoms with Gasteiger partial charge in [-0.25, -0.2) is 9.18 Å². The van der Waals surface area contributed by atoms with Gasteiger partial charge in [0.2, 0.25) is 17.8 Å². The van der Waals surface area contributed by atoms with Gasteiger partial charge < -0.3 is 30.9 Å². The van der Waals surface area contributed by atoms with Gasteiger partial charge in [-0.1, -0.05) is 39.3 Å². The van der Waals surface area contributed by atoms with E-state index in [1.54, 1.807) is 13.8 Å². The molecule has 1 aliphatic rings. The van der Waals surface area contributed by atoms with E-state index in [-0.39, 0.29) is 5.56 Å². The molecule has 14 heteroatoms. The summed E-state index contributed by atoms with van der Waals surface area (Å²) in [5.74, 6) is -10.3. The number of phenols is 1. The Labute approximate surface area is 239 Å². The van der Waals surface area contributed by atoms with E-state index in [9.17, 15) is 42.6 Å². The maximum Gasteiger partial charge on any atom is 0.329 e. The van der Waals surface area contributed by atoms with Crippen LogP contribution < -0.4 is 16.0 Å². The first-order valence-corrected chi connectivity index (χ1v) is 13.3. The molecule has 2 heterocycles. The van der Waals surface area contributed by atoms with Crippen LogP contribution in [0.5, 0.6) is 5.75 Å². The minimum Gasteiger partial charge on any atom is -0.507 e. The number of carbonyl (C=O) groups is 4. The van der Waals surface area contributed by atoms with Crippen LogP contribution in [0, 0.1) is 29.5 Å². The fourth-order valence-electron chi connectivity index (χ4n) is 4.46. The third-order valence-electron chi connectivity index (χ3n) is 7.32. The summed E-state index contributed by atoms with van der Waals surface area (Å²) in [6, 6.07) is 1.69. The molecule has 7 atom stereocenters. The Morgan fingerprint density at radius 3 is 2.40 bits per heavy atom. The van der Waals surface area contributed by atoms with Crippen LogP contribution in [-0.4, -0.2) is 69.2 Å². The van der Waals surface area contributed by atoms with Crippen molar-refractivity contribution < 1.29 is 47.3 Å². The molecule has 2 aromatic rings. The number of nitrogens with zero attached hydrogens (tertiary/aromatic N) is 1. The lowest BCUT2D eigenvalue weighted by molar-refractivity contribution is -0.157. The molecule has 1 aromatic carbocycles. The summed E-state index contributed by atoms with van der Waals surface area (Å²) in [6.07, 6.45) is -3.29. The number of benzene rings is 1. The molecule has 1 aliphatic heterocycles. The van der Waals surface area contributed by atoms with Crippen molar-refractivity contribution in [1.29, 1.82) is 0 Å². The normalized spacial score (nSPS) is 26.1. The van der Waals surface area contributed by atoms with Crippen LogP contribution in [0.4, 0.5) is 13.2 Å². The number of cyclic esters (lactones) is 1. The average molecular weight is 595 g/mol. The molecule has 1 aromatic heterocycles. The van der Waals surface area contributed by atoms with Gasteiger partial charge in [-0.15, -0.1) is 0 Å². The van der Waals surface area contributed by atoms with E-state index in [2.05, 4.69) is 20.9 Å². The summed E-state index contributed by atoms with van der Waals surface area (Å²) >= 11 is 0. The molecule has 5 N–H and O–H groups in total. The number of halogens is 3. The summed E-state index contributed by atoms with van der Waals surface area (Å²) in [5, 5.41) is 28.6. The second-order valence-electron chi connectivity index (χ2n) is 10.3. The summed E-state index contributed by atoms with van der Waals surface area (Å²) in [7, 11) is 0. The molecule has 3 amide bonds. The Morgan fingerprint density at radius 2 is 1.76 bits per heavy atom. The van der Waals surface area contributed by atoms with E-state index in [0.29, 0.717) is 12.5 Å². The Hall–Kier alpha value is -4.20. The smallest absolute Gasteiger partial charge is 0.329 e. The number of hydrogen-bond acceptors (Lipinski definition) is 8. The number of aliphatic hydroxyl groups is 1. The molecule has 1 fully saturated rings. The van der Waals surface area contributed by atoms with Crippen molar-refractivity contribution in [3.05, 3.63) is 59.2 Å². The van der Waals surface area contributed by atoms with E-state index < -0.39 is 101 Å². The predicted octanol–water partition coefficient (Wildman–Crippen LogP) is 1.50. The minimum atomic E-state index is -1.74. The van der Waals surface area contributed by atoms with Crippen LogP contribution in [-0.2, 0) is 25.5 Å². The maximum absolute atomic E-state index is 14.5. The van der Waals surface area contributed by atoms with Crippen molar-refractivity contribution in [3.8, 4) is 5.75 Å². The molecular formula is C28H33F3N4O7. The third kappa shape index (κ3) is 7.35. The fraction of sp³-hybridized carbons (Fsp3) is 0.464. The molecule has 2 unspecified atom stereocenters. The maximum atomic E-state index is 14.5. The zero-order valence-electron chi connectivity index (χ0n) is 23.4. The second-order valence-corrected chi connectivity index (χ2v) is 10.3. The number of nitrogens with one attached hydrogen (secondary N) is 3. The molecule has 228 valence electrons.